The molecule has 1 aromatic carbocycles. The van der Waals surface area contributed by atoms with Crippen LogP contribution in [0.15, 0.2) is 29.1 Å². The molecular formula is C17H22N2O2. The van der Waals surface area contributed by atoms with Gasteiger partial charge in [0, 0.05) is 24.0 Å². The molecule has 1 atom stereocenters. The fourth-order valence-electron chi connectivity index (χ4n) is 3.19. The SMILES string of the molecule is Cc1cccc2c(=O)[nH]c(CC(O)CN3CCCC3)cc12. The Labute approximate surface area is 124 Å². The maximum atomic E-state index is 12.1. The first-order chi connectivity index (χ1) is 10.1. The Bertz CT molecular complexity index is 687. The molecule has 21 heavy (non-hydrogen) atoms. The minimum absolute atomic E-state index is 0.0698. The standard InChI is InChI=1S/C17H22N2O2/c1-12-5-4-6-15-16(12)10-13(18-17(15)21)9-14(20)11-19-7-2-3-8-19/h4-6,10,14,20H,2-3,7-9,11H2,1H3,(H,18,21). The molecule has 0 spiro atoms. The number of aryl methyl sites for hydroxylation is 1. The zero-order valence-electron chi connectivity index (χ0n) is 12.4. The van der Waals surface area contributed by atoms with Crippen LogP contribution in [-0.2, 0) is 6.42 Å². The number of hydrogen-bond acceptors (Lipinski definition) is 3. The highest BCUT2D eigenvalue weighted by Gasteiger charge is 2.16. The number of aliphatic hydroxyl groups excluding tert-OH is 1. The molecule has 2 heterocycles. The van der Waals surface area contributed by atoms with E-state index in [0.717, 1.165) is 29.7 Å². The second kappa shape index (κ2) is 6.00. The van der Waals surface area contributed by atoms with Crippen LogP contribution in [0.25, 0.3) is 10.8 Å². The number of benzene rings is 1. The van der Waals surface area contributed by atoms with Gasteiger partial charge < -0.3 is 15.0 Å². The molecule has 0 saturated carbocycles. The summed E-state index contributed by atoms with van der Waals surface area (Å²) in [5.41, 5.74) is 1.84. The monoisotopic (exact) mass is 286 g/mol. The van der Waals surface area contributed by atoms with Gasteiger partial charge in [-0.25, -0.2) is 0 Å². The minimum atomic E-state index is -0.430. The number of pyridine rings is 1. The van der Waals surface area contributed by atoms with E-state index >= 15 is 0 Å². The van der Waals surface area contributed by atoms with Gasteiger partial charge in [0.25, 0.3) is 5.56 Å². The summed E-state index contributed by atoms with van der Waals surface area (Å²) in [6.45, 7) is 4.84. The third-order valence-corrected chi connectivity index (χ3v) is 4.28. The lowest BCUT2D eigenvalue weighted by Gasteiger charge is -2.19. The van der Waals surface area contributed by atoms with E-state index in [2.05, 4.69) is 9.88 Å². The van der Waals surface area contributed by atoms with E-state index in [1.807, 2.05) is 31.2 Å². The summed E-state index contributed by atoms with van der Waals surface area (Å²) in [5, 5.41) is 11.9. The third-order valence-electron chi connectivity index (χ3n) is 4.28. The highest BCUT2D eigenvalue weighted by Crippen LogP contribution is 2.16. The number of aromatic amines is 1. The van der Waals surface area contributed by atoms with E-state index in [0.29, 0.717) is 18.4 Å². The van der Waals surface area contributed by atoms with Gasteiger partial charge >= 0.3 is 0 Å². The maximum Gasteiger partial charge on any atom is 0.256 e. The summed E-state index contributed by atoms with van der Waals surface area (Å²) >= 11 is 0. The zero-order valence-corrected chi connectivity index (χ0v) is 12.4. The molecule has 0 radical (unpaired) electrons. The zero-order chi connectivity index (χ0) is 14.8. The number of H-pyrrole nitrogens is 1. The lowest BCUT2D eigenvalue weighted by atomic mass is 10.0. The molecule has 2 aromatic rings. The molecule has 0 amide bonds. The molecule has 4 heteroatoms. The molecule has 2 N–H and O–H groups in total. The highest BCUT2D eigenvalue weighted by molar-refractivity contribution is 5.84. The van der Waals surface area contributed by atoms with Gasteiger partial charge in [-0.2, -0.15) is 0 Å². The summed E-state index contributed by atoms with van der Waals surface area (Å²) in [4.78, 5) is 17.3. The fraction of sp³-hybridized carbons (Fsp3) is 0.471. The van der Waals surface area contributed by atoms with Crippen LogP contribution < -0.4 is 5.56 Å². The average Bonchev–Trinajstić information content (AvgIpc) is 2.93. The van der Waals surface area contributed by atoms with E-state index in [4.69, 9.17) is 0 Å². The van der Waals surface area contributed by atoms with Crippen molar-refractivity contribution in [1.29, 1.82) is 0 Å². The Morgan fingerprint density at radius 1 is 1.29 bits per heavy atom. The second-order valence-corrected chi connectivity index (χ2v) is 6.03. The van der Waals surface area contributed by atoms with Crippen LogP contribution in [0.1, 0.15) is 24.1 Å². The summed E-state index contributed by atoms with van der Waals surface area (Å²) in [6, 6.07) is 7.74. The predicted octanol–water partition coefficient (Wildman–Crippen LogP) is 1.84. The van der Waals surface area contributed by atoms with Crippen LogP contribution in [0.4, 0.5) is 0 Å². The largest absolute Gasteiger partial charge is 0.391 e. The van der Waals surface area contributed by atoms with Crippen LogP contribution >= 0.6 is 0 Å². The van der Waals surface area contributed by atoms with Gasteiger partial charge in [-0.1, -0.05) is 12.1 Å². The third kappa shape index (κ3) is 3.17. The van der Waals surface area contributed by atoms with E-state index in [1.165, 1.54) is 12.8 Å². The number of hydrogen-bond donors (Lipinski definition) is 2. The van der Waals surface area contributed by atoms with Crippen molar-refractivity contribution in [2.75, 3.05) is 19.6 Å². The van der Waals surface area contributed by atoms with Crippen molar-refractivity contribution in [3.8, 4) is 0 Å². The molecule has 3 rings (SSSR count). The molecule has 0 bridgehead atoms. The van der Waals surface area contributed by atoms with E-state index in [1.54, 1.807) is 0 Å². The van der Waals surface area contributed by atoms with Gasteiger partial charge in [0.05, 0.1) is 6.10 Å². The molecule has 0 aliphatic carbocycles. The lowest BCUT2D eigenvalue weighted by molar-refractivity contribution is 0.124. The van der Waals surface area contributed by atoms with Crippen LogP contribution in [0.3, 0.4) is 0 Å². The molecular weight excluding hydrogens is 264 g/mol. The number of β-amino-alcohol motifs (C(OH)–C–C–N with tert-alkyl or cyclic N) is 1. The first-order valence-corrected chi connectivity index (χ1v) is 7.65. The van der Waals surface area contributed by atoms with Gasteiger partial charge in [0.1, 0.15) is 0 Å². The van der Waals surface area contributed by atoms with Crippen LogP contribution in [0, 0.1) is 6.92 Å². The summed E-state index contributed by atoms with van der Waals surface area (Å²) in [6.07, 6.45) is 2.51. The van der Waals surface area contributed by atoms with Crippen molar-refractivity contribution < 1.29 is 5.11 Å². The topological polar surface area (TPSA) is 56.3 Å². The van der Waals surface area contributed by atoms with Gasteiger partial charge in [0.15, 0.2) is 0 Å². The molecule has 4 nitrogen and oxygen atoms in total. The normalized spacial score (nSPS) is 17.4. The first kappa shape index (κ1) is 14.3. The number of nitrogens with zero attached hydrogens (tertiary/aromatic N) is 1. The second-order valence-electron chi connectivity index (χ2n) is 6.03. The van der Waals surface area contributed by atoms with Gasteiger partial charge in [-0.3, -0.25) is 4.79 Å². The number of nitrogens with one attached hydrogen (secondary N) is 1. The maximum absolute atomic E-state index is 12.1. The summed E-state index contributed by atoms with van der Waals surface area (Å²) < 4.78 is 0. The Morgan fingerprint density at radius 3 is 2.81 bits per heavy atom. The van der Waals surface area contributed by atoms with E-state index in [9.17, 15) is 9.90 Å². The van der Waals surface area contributed by atoms with Crippen molar-refractivity contribution in [2.24, 2.45) is 0 Å². The Morgan fingerprint density at radius 2 is 2.05 bits per heavy atom. The van der Waals surface area contributed by atoms with Crippen molar-refractivity contribution in [3.63, 3.8) is 0 Å². The van der Waals surface area contributed by atoms with Gasteiger partial charge in [-0.05, 0) is 55.9 Å². The van der Waals surface area contributed by atoms with Crippen molar-refractivity contribution in [2.45, 2.75) is 32.3 Å². The van der Waals surface area contributed by atoms with Crippen molar-refractivity contribution in [1.82, 2.24) is 9.88 Å². The average molecular weight is 286 g/mol. The van der Waals surface area contributed by atoms with E-state index in [-0.39, 0.29) is 5.56 Å². The number of fused-ring (bicyclic) bond motifs is 1. The molecule has 1 fully saturated rings. The molecule has 1 aliphatic heterocycles. The lowest BCUT2D eigenvalue weighted by Crippen LogP contribution is -2.31. The van der Waals surface area contributed by atoms with Crippen molar-refractivity contribution >= 4 is 10.8 Å². The minimum Gasteiger partial charge on any atom is -0.391 e. The molecule has 1 aliphatic rings. The fourth-order valence-corrected chi connectivity index (χ4v) is 3.19. The molecule has 112 valence electrons. The van der Waals surface area contributed by atoms with Crippen molar-refractivity contribution in [3.05, 3.63) is 45.9 Å². The molecule has 1 saturated heterocycles. The molecule has 1 unspecified atom stereocenters. The number of likely N-dealkylation sites (tertiary alicyclic amines) is 1. The number of rotatable bonds is 4. The Hall–Kier alpha value is -1.65. The quantitative estimate of drug-likeness (QED) is 0.901. The highest BCUT2D eigenvalue weighted by atomic mass is 16.3. The van der Waals surface area contributed by atoms with E-state index < -0.39 is 6.10 Å². The summed E-state index contributed by atoms with van der Waals surface area (Å²) in [5.74, 6) is 0. The number of aromatic nitrogens is 1. The van der Waals surface area contributed by atoms with Gasteiger partial charge in [-0.15, -0.1) is 0 Å². The van der Waals surface area contributed by atoms with Crippen LogP contribution in [0.2, 0.25) is 0 Å². The van der Waals surface area contributed by atoms with Crippen LogP contribution in [0.5, 0.6) is 0 Å². The first-order valence-electron chi connectivity index (χ1n) is 7.65. The smallest absolute Gasteiger partial charge is 0.256 e. The van der Waals surface area contributed by atoms with Gasteiger partial charge in [0.2, 0.25) is 0 Å². The predicted molar refractivity (Wildman–Crippen MR) is 84.7 cm³/mol. The number of aliphatic hydroxyl groups is 1. The van der Waals surface area contributed by atoms with Crippen LogP contribution in [-0.4, -0.2) is 40.7 Å². The summed E-state index contributed by atoms with van der Waals surface area (Å²) in [7, 11) is 0. The Kier molecular flexibility index (Phi) is 4.08. The Balaban J connectivity index is 1.80. The molecule has 1 aromatic heterocycles.